The van der Waals surface area contributed by atoms with Crippen LogP contribution in [0.2, 0.25) is 0 Å². The first-order valence-electron chi connectivity index (χ1n) is 6.92. The van der Waals surface area contributed by atoms with Crippen molar-refractivity contribution in [2.24, 2.45) is 0 Å². The number of rotatable bonds is 3. The summed E-state index contributed by atoms with van der Waals surface area (Å²) in [6.45, 7) is 1.31. The number of amides is 1. The predicted octanol–water partition coefficient (Wildman–Crippen LogP) is 3.97. The van der Waals surface area contributed by atoms with Gasteiger partial charge in [-0.3, -0.25) is 9.89 Å². The lowest BCUT2D eigenvalue weighted by Crippen LogP contribution is -2.07. The Morgan fingerprint density at radius 1 is 1.17 bits per heavy atom. The zero-order valence-electron chi connectivity index (χ0n) is 12.2. The first-order valence-corrected chi connectivity index (χ1v) is 6.92. The van der Waals surface area contributed by atoms with Gasteiger partial charge in [-0.05, 0) is 29.8 Å². The van der Waals surface area contributed by atoms with Gasteiger partial charge in [-0.1, -0.05) is 18.2 Å². The Morgan fingerprint density at radius 3 is 2.61 bits per heavy atom. The van der Waals surface area contributed by atoms with E-state index in [1.54, 1.807) is 24.3 Å². The van der Waals surface area contributed by atoms with Crippen LogP contribution in [-0.2, 0) is 4.79 Å². The first kappa shape index (κ1) is 14.9. The molecule has 0 saturated heterocycles. The van der Waals surface area contributed by atoms with Crippen LogP contribution in [0.5, 0.6) is 0 Å². The maximum Gasteiger partial charge on any atom is 0.221 e. The lowest BCUT2D eigenvalue weighted by atomic mass is 10.1. The molecule has 0 spiro atoms. The van der Waals surface area contributed by atoms with E-state index in [0.29, 0.717) is 16.6 Å². The van der Waals surface area contributed by atoms with Crippen molar-refractivity contribution in [3.05, 3.63) is 59.3 Å². The van der Waals surface area contributed by atoms with Gasteiger partial charge in [-0.15, -0.1) is 0 Å². The second kappa shape index (κ2) is 6.00. The van der Waals surface area contributed by atoms with Crippen LogP contribution in [0.4, 0.5) is 14.5 Å². The van der Waals surface area contributed by atoms with Crippen LogP contribution >= 0.6 is 0 Å². The van der Waals surface area contributed by atoms with E-state index in [4.69, 9.17) is 0 Å². The molecule has 3 rings (SSSR count). The number of carbonyl (C=O) groups excluding carboxylic acids is 1. The Hall–Kier alpha value is -3.02. The third-order valence-corrected chi connectivity index (χ3v) is 3.29. The molecule has 116 valence electrons. The van der Waals surface area contributed by atoms with Gasteiger partial charge in [0, 0.05) is 18.4 Å². The molecule has 1 amide bonds. The van der Waals surface area contributed by atoms with Crippen LogP contribution in [-0.4, -0.2) is 16.1 Å². The van der Waals surface area contributed by atoms with Crippen molar-refractivity contribution in [1.82, 2.24) is 10.2 Å². The Balaban J connectivity index is 1.97. The molecule has 0 aliphatic heterocycles. The molecule has 0 unspecified atom stereocenters. The number of aromatic nitrogens is 2. The molecular weight excluding hydrogens is 300 g/mol. The van der Waals surface area contributed by atoms with Gasteiger partial charge in [0.1, 0.15) is 11.6 Å². The van der Waals surface area contributed by atoms with E-state index in [9.17, 15) is 13.6 Å². The fraction of sp³-hybridized carbons (Fsp3) is 0.0588. The average molecular weight is 313 g/mol. The van der Waals surface area contributed by atoms with Crippen molar-refractivity contribution in [2.45, 2.75) is 6.92 Å². The Bertz CT molecular complexity index is 898. The van der Waals surface area contributed by atoms with Crippen LogP contribution in [0, 0.1) is 11.6 Å². The molecular formula is C17H13F2N3O. The topological polar surface area (TPSA) is 57.8 Å². The van der Waals surface area contributed by atoms with Gasteiger partial charge < -0.3 is 5.32 Å². The summed E-state index contributed by atoms with van der Waals surface area (Å²) in [6, 6.07) is 8.83. The normalized spacial score (nSPS) is 11.3. The minimum atomic E-state index is -0.537. The zero-order chi connectivity index (χ0) is 16.4. The molecule has 0 atom stereocenters. The SMILES string of the molecule is CC(=O)Nc1cc2c(/C=C/c3ccc(F)cc3)n[nH]c2cc1F. The zero-order valence-corrected chi connectivity index (χ0v) is 12.2. The quantitative estimate of drug-likeness (QED) is 0.768. The number of hydrogen-bond acceptors (Lipinski definition) is 2. The number of benzene rings is 2. The fourth-order valence-electron chi connectivity index (χ4n) is 2.22. The molecule has 1 aromatic heterocycles. The summed E-state index contributed by atoms with van der Waals surface area (Å²) >= 11 is 0. The number of aromatic amines is 1. The van der Waals surface area contributed by atoms with E-state index in [2.05, 4.69) is 15.5 Å². The molecule has 0 radical (unpaired) electrons. The molecule has 0 saturated carbocycles. The van der Waals surface area contributed by atoms with Gasteiger partial charge in [-0.25, -0.2) is 8.78 Å². The molecule has 2 aromatic carbocycles. The Kier molecular flexibility index (Phi) is 3.89. The first-order chi connectivity index (χ1) is 11.0. The molecule has 0 aliphatic carbocycles. The second-order valence-electron chi connectivity index (χ2n) is 5.05. The molecule has 4 nitrogen and oxygen atoms in total. The largest absolute Gasteiger partial charge is 0.324 e. The number of H-pyrrole nitrogens is 1. The number of carbonyl (C=O) groups is 1. The molecule has 2 N–H and O–H groups in total. The third kappa shape index (κ3) is 3.26. The molecule has 0 bridgehead atoms. The highest BCUT2D eigenvalue weighted by Gasteiger charge is 2.10. The Labute approximate surface area is 130 Å². The van der Waals surface area contributed by atoms with E-state index in [1.807, 2.05) is 0 Å². The Morgan fingerprint density at radius 2 is 1.91 bits per heavy atom. The number of nitrogens with zero attached hydrogens (tertiary/aromatic N) is 1. The van der Waals surface area contributed by atoms with Crippen molar-refractivity contribution in [3.63, 3.8) is 0 Å². The standard InChI is InChI=1S/C17H13F2N3O/c1-10(23)20-17-8-13-15(21-22-16(13)9-14(17)19)7-4-11-2-5-12(18)6-3-11/h2-9H,1H3,(H,20,23)(H,21,22)/b7-4+. The average Bonchev–Trinajstić information content (AvgIpc) is 2.88. The summed E-state index contributed by atoms with van der Waals surface area (Å²) in [4.78, 5) is 11.1. The summed E-state index contributed by atoms with van der Waals surface area (Å²) in [7, 11) is 0. The monoisotopic (exact) mass is 313 g/mol. The number of hydrogen-bond donors (Lipinski definition) is 2. The minimum absolute atomic E-state index is 0.0998. The highest BCUT2D eigenvalue weighted by atomic mass is 19.1. The number of anilines is 1. The van der Waals surface area contributed by atoms with Crippen molar-refractivity contribution in [2.75, 3.05) is 5.32 Å². The van der Waals surface area contributed by atoms with Crippen LogP contribution in [0.25, 0.3) is 23.1 Å². The van der Waals surface area contributed by atoms with E-state index in [-0.39, 0.29) is 17.4 Å². The minimum Gasteiger partial charge on any atom is -0.324 e. The second-order valence-corrected chi connectivity index (χ2v) is 5.05. The van der Waals surface area contributed by atoms with Crippen LogP contribution in [0.15, 0.2) is 36.4 Å². The lowest BCUT2D eigenvalue weighted by Gasteiger charge is -2.03. The van der Waals surface area contributed by atoms with Crippen molar-refractivity contribution >= 4 is 34.6 Å². The van der Waals surface area contributed by atoms with Gasteiger partial charge in [0.05, 0.1) is 16.9 Å². The molecule has 1 heterocycles. The van der Waals surface area contributed by atoms with E-state index < -0.39 is 5.82 Å². The maximum absolute atomic E-state index is 13.9. The summed E-state index contributed by atoms with van der Waals surface area (Å²) in [5.74, 6) is -1.19. The predicted molar refractivity (Wildman–Crippen MR) is 85.7 cm³/mol. The molecule has 23 heavy (non-hydrogen) atoms. The molecule has 6 heteroatoms. The fourth-order valence-corrected chi connectivity index (χ4v) is 2.22. The summed E-state index contributed by atoms with van der Waals surface area (Å²) in [5.41, 5.74) is 2.03. The highest BCUT2D eigenvalue weighted by Crippen LogP contribution is 2.25. The lowest BCUT2D eigenvalue weighted by molar-refractivity contribution is -0.114. The smallest absolute Gasteiger partial charge is 0.221 e. The van der Waals surface area contributed by atoms with Crippen LogP contribution in [0.1, 0.15) is 18.2 Å². The van der Waals surface area contributed by atoms with Crippen LogP contribution < -0.4 is 5.32 Å². The molecule has 0 aliphatic rings. The number of halogens is 2. The maximum atomic E-state index is 13.9. The van der Waals surface area contributed by atoms with Crippen molar-refractivity contribution < 1.29 is 13.6 Å². The van der Waals surface area contributed by atoms with Gasteiger partial charge in [0.15, 0.2) is 0 Å². The molecule has 0 fully saturated rings. The van der Waals surface area contributed by atoms with E-state index in [1.165, 1.54) is 31.2 Å². The van der Waals surface area contributed by atoms with E-state index >= 15 is 0 Å². The van der Waals surface area contributed by atoms with Gasteiger partial charge in [0.25, 0.3) is 0 Å². The summed E-state index contributed by atoms with van der Waals surface area (Å²) in [5, 5.41) is 9.98. The van der Waals surface area contributed by atoms with Crippen molar-refractivity contribution in [1.29, 1.82) is 0 Å². The van der Waals surface area contributed by atoms with Gasteiger partial charge in [0.2, 0.25) is 5.91 Å². The summed E-state index contributed by atoms with van der Waals surface area (Å²) < 4.78 is 26.7. The van der Waals surface area contributed by atoms with Gasteiger partial charge in [-0.2, -0.15) is 5.10 Å². The highest BCUT2D eigenvalue weighted by molar-refractivity contribution is 5.95. The number of nitrogens with one attached hydrogen (secondary N) is 2. The van der Waals surface area contributed by atoms with Crippen LogP contribution in [0.3, 0.4) is 0 Å². The van der Waals surface area contributed by atoms with E-state index in [0.717, 1.165) is 5.56 Å². The number of fused-ring (bicyclic) bond motifs is 1. The van der Waals surface area contributed by atoms with Gasteiger partial charge >= 0.3 is 0 Å². The third-order valence-electron chi connectivity index (χ3n) is 3.29. The summed E-state index contributed by atoms with van der Waals surface area (Å²) in [6.07, 6.45) is 3.51. The van der Waals surface area contributed by atoms with Crippen molar-refractivity contribution in [3.8, 4) is 0 Å². The molecule has 3 aromatic rings.